The molecule has 0 saturated carbocycles. The van der Waals surface area contributed by atoms with Gasteiger partial charge >= 0.3 is 0 Å². The smallest absolute Gasteiger partial charge is 0.240 e. The van der Waals surface area contributed by atoms with Gasteiger partial charge in [-0.3, -0.25) is 0 Å². The van der Waals surface area contributed by atoms with Crippen LogP contribution in [-0.4, -0.2) is 21.6 Å². The number of rotatable bonds is 6. The Hall–Kier alpha value is -1.50. The molecule has 1 N–H and O–H groups in total. The molecule has 114 valence electrons. The van der Waals surface area contributed by atoms with E-state index < -0.39 is 10.0 Å². The molecular formula is C14H16ClNO4S. The van der Waals surface area contributed by atoms with Gasteiger partial charge in [0.15, 0.2) is 0 Å². The Kier molecular flexibility index (Phi) is 4.92. The van der Waals surface area contributed by atoms with Crippen LogP contribution in [0.1, 0.15) is 12.5 Å². The Labute approximate surface area is 128 Å². The first kappa shape index (κ1) is 15.9. The maximum absolute atomic E-state index is 12.3. The molecule has 5 nitrogen and oxygen atoms in total. The quantitative estimate of drug-likeness (QED) is 0.884. The van der Waals surface area contributed by atoms with Crippen LogP contribution in [0.5, 0.6) is 5.75 Å². The van der Waals surface area contributed by atoms with Crippen molar-refractivity contribution < 1.29 is 17.6 Å². The molecule has 0 spiro atoms. The molecule has 2 aromatic rings. The van der Waals surface area contributed by atoms with Gasteiger partial charge in [0, 0.05) is 6.04 Å². The molecular weight excluding hydrogens is 314 g/mol. The molecule has 0 radical (unpaired) electrons. The van der Waals surface area contributed by atoms with E-state index in [1.54, 1.807) is 25.5 Å². The minimum atomic E-state index is -3.63. The van der Waals surface area contributed by atoms with Crippen LogP contribution in [0.2, 0.25) is 5.02 Å². The van der Waals surface area contributed by atoms with Crippen LogP contribution in [0.3, 0.4) is 0 Å². The molecule has 0 saturated heterocycles. The summed E-state index contributed by atoms with van der Waals surface area (Å²) in [5.74, 6) is 0.432. The second kappa shape index (κ2) is 6.51. The van der Waals surface area contributed by atoms with Gasteiger partial charge in [-0.2, -0.15) is 0 Å². The first-order valence-electron chi connectivity index (χ1n) is 6.29. The molecule has 7 heteroatoms. The number of nitrogens with one attached hydrogen (secondary N) is 1. The lowest BCUT2D eigenvalue weighted by atomic mass is 10.1. The number of benzene rings is 1. The maximum atomic E-state index is 12.3. The first-order valence-corrected chi connectivity index (χ1v) is 8.15. The predicted molar refractivity (Wildman–Crippen MR) is 80.2 cm³/mol. The van der Waals surface area contributed by atoms with Crippen molar-refractivity contribution in [3.05, 3.63) is 47.4 Å². The zero-order chi connectivity index (χ0) is 15.5. The van der Waals surface area contributed by atoms with Crippen LogP contribution in [0.4, 0.5) is 0 Å². The van der Waals surface area contributed by atoms with Crippen molar-refractivity contribution in [3.63, 3.8) is 0 Å². The van der Waals surface area contributed by atoms with Crippen molar-refractivity contribution in [2.45, 2.75) is 24.3 Å². The standard InChI is InChI=1S/C14H16ClNO4S/c1-10(7-11-5-6-20-9-11)16-21(17,18)12-3-4-14(19-2)13(15)8-12/h3-6,8-10,16H,7H2,1-2H3/t10-/m1/s1. The monoisotopic (exact) mass is 329 g/mol. The summed E-state index contributed by atoms with van der Waals surface area (Å²) in [5, 5.41) is 0.253. The van der Waals surface area contributed by atoms with E-state index in [9.17, 15) is 8.42 Å². The molecule has 0 unspecified atom stereocenters. The lowest BCUT2D eigenvalue weighted by molar-refractivity contribution is 0.414. The molecule has 1 aromatic heterocycles. The number of hydrogen-bond acceptors (Lipinski definition) is 4. The molecule has 0 bridgehead atoms. The average Bonchev–Trinajstić information content (AvgIpc) is 2.90. The third kappa shape index (κ3) is 4.00. The Morgan fingerprint density at radius 2 is 2.14 bits per heavy atom. The van der Waals surface area contributed by atoms with E-state index >= 15 is 0 Å². The summed E-state index contributed by atoms with van der Waals surface area (Å²) in [6, 6.07) is 5.88. The molecule has 1 heterocycles. The van der Waals surface area contributed by atoms with Gasteiger partial charge < -0.3 is 9.15 Å². The number of ether oxygens (including phenoxy) is 1. The van der Waals surface area contributed by atoms with Crippen LogP contribution < -0.4 is 9.46 Å². The van der Waals surface area contributed by atoms with Gasteiger partial charge in [0.05, 0.1) is 29.6 Å². The largest absolute Gasteiger partial charge is 0.495 e. The summed E-state index contributed by atoms with van der Waals surface area (Å²) in [7, 11) is -2.16. The van der Waals surface area contributed by atoms with Gasteiger partial charge in [-0.05, 0) is 43.2 Å². The minimum absolute atomic E-state index is 0.104. The zero-order valence-corrected chi connectivity index (χ0v) is 13.2. The van der Waals surface area contributed by atoms with Crippen LogP contribution in [0.25, 0.3) is 0 Å². The van der Waals surface area contributed by atoms with Crippen molar-refractivity contribution in [1.29, 1.82) is 0 Å². The van der Waals surface area contributed by atoms with Crippen molar-refractivity contribution in [2.24, 2.45) is 0 Å². The number of sulfonamides is 1. The molecule has 1 aromatic carbocycles. The number of halogens is 1. The van der Waals surface area contributed by atoms with Gasteiger partial charge in [0.25, 0.3) is 0 Å². The highest BCUT2D eigenvalue weighted by molar-refractivity contribution is 7.89. The highest BCUT2D eigenvalue weighted by atomic mass is 35.5. The second-order valence-corrected chi connectivity index (χ2v) is 6.78. The molecule has 0 amide bonds. The van der Waals surface area contributed by atoms with E-state index in [4.69, 9.17) is 20.8 Å². The van der Waals surface area contributed by atoms with E-state index in [0.717, 1.165) is 5.56 Å². The normalized spacial score (nSPS) is 13.1. The Balaban J connectivity index is 2.12. The predicted octanol–water partition coefficient (Wildman–Crippen LogP) is 2.85. The van der Waals surface area contributed by atoms with Gasteiger partial charge in [0.1, 0.15) is 5.75 Å². The average molecular weight is 330 g/mol. The third-order valence-electron chi connectivity index (χ3n) is 2.91. The number of furan rings is 1. The molecule has 21 heavy (non-hydrogen) atoms. The van der Waals surface area contributed by atoms with E-state index in [-0.39, 0.29) is 16.0 Å². The Morgan fingerprint density at radius 3 is 2.71 bits per heavy atom. The third-order valence-corrected chi connectivity index (χ3v) is 4.79. The fourth-order valence-corrected chi connectivity index (χ4v) is 3.54. The lowest BCUT2D eigenvalue weighted by Crippen LogP contribution is -2.34. The van der Waals surface area contributed by atoms with Gasteiger partial charge in [-0.1, -0.05) is 11.6 Å². The molecule has 2 rings (SSSR count). The van der Waals surface area contributed by atoms with Crippen molar-refractivity contribution in [3.8, 4) is 5.75 Å². The summed E-state index contributed by atoms with van der Waals surface area (Å²) in [5.41, 5.74) is 0.929. The SMILES string of the molecule is COc1ccc(S(=O)(=O)N[C@H](C)Cc2ccoc2)cc1Cl. The summed E-state index contributed by atoms with van der Waals surface area (Å²) in [4.78, 5) is 0.104. The van der Waals surface area contributed by atoms with E-state index in [2.05, 4.69) is 4.72 Å². The summed E-state index contributed by atoms with van der Waals surface area (Å²) in [6.07, 6.45) is 3.69. The van der Waals surface area contributed by atoms with Crippen molar-refractivity contribution in [2.75, 3.05) is 7.11 Å². The van der Waals surface area contributed by atoms with Gasteiger partial charge in [-0.15, -0.1) is 0 Å². The molecule has 0 aliphatic rings. The molecule has 0 aliphatic heterocycles. The molecule has 0 fully saturated rings. The summed E-state index contributed by atoms with van der Waals surface area (Å²) < 4.78 is 37.2. The first-order chi connectivity index (χ1) is 9.92. The highest BCUT2D eigenvalue weighted by Gasteiger charge is 2.19. The van der Waals surface area contributed by atoms with Gasteiger partial charge in [-0.25, -0.2) is 13.1 Å². The van der Waals surface area contributed by atoms with E-state index in [0.29, 0.717) is 12.2 Å². The Bertz CT molecular complexity index is 698. The summed E-state index contributed by atoms with van der Waals surface area (Å²) >= 11 is 5.96. The number of methoxy groups -OCH3 is 1. The Morgan fingerprint density at radius 1 is 1.38 bits per heavy atom. The van der Waals surface area contributed by atoms with Crippen LogP contribution in [-0.2, 0) is 16.4 Å². The maximum Gasteiger partial charge on any atom is 0.240 e. The number of hydrogen-bond donors (Lipinski definition) is 1. The summed E-state index contributed by atoms with van der Waals surface area (Å²) in [6.45, 7) is 1.79. The lowest BCUT2D eigenvalue weighted by Gasteiger charge is -2.14. The molecule has 0 aliphatic carbocycles. The van der Waals surface area contributed by atoms with Crippen LogP contribution >= 0.6 is 11.6 Å². The van der Waals surface area contributed by atoms with E-state index in [1.807, 2.05) is 0 Å². The van der Waals surface area contributed by atoms with Crippen LogP contribution in [0, 0.1) is 0 Å². The van der Waals surface area contributed by atoms with E-state index in [1.165, 1.54) is 25.3 Å². The zero-order valence-electron chi connectivity index (χ0n) is 11.7. The second-order valence-electron chi connectivity index (χ2n) is 4.65. The molecule has 1 atom stereocenters. The van der Waals surface area contributed by atoms with Crippen molar-refractivity contribution in [1.82, 2.24) is 4.72 Å². The highest BCUT2D eigenvalue weighted by Crippen LogP contribution is 2.27. The fraction of sp³-hybridized carbons (Fsp3) is 0.286. The fourth-order valence-electron chi connectivity index (χ4n) is 1.95. The van der Waals surface area contributed by atoms with Gasteiger partial charge in [0.2, 0.25) is 10.0 Å². The van der Waals surface area contributed by atoms with Crippen molar-refractivity contribution >= 4 is 21.6 Å². The topological polar surface area (TPSA) is 68.5 Å². The van der Waals surface area contributed by atoms with Crippen LogP contribution in [0.15, 0.2) is 46.1 Å². The minimum Gasteiger partial charge on any atom is -0.495 e.